The monoisotopic (exact) mass is 370 g/mol. The van der Waals surface area contributed by atoms with Gasteiger partial charge in [-0.1, -0.05) is 17.7 Å². The van der Waals surface area contributed by atoms with Crippen LogP contribution >= 0.6 is 22.9 Å². The normalized spacial score (nSPS) is 15.7. The van der Waals surface area contributed by atoms with Crippen molar-refractivity contribution in [2.24, 2.45) is 0 Å². The first-order valence-corrected chi connectivity index (χ1v) is 9.83. The van der Waals surface area contributed by atoms with Gasteiger partial charge in [0.15, 0.2) is 0 Å². The molecule has 1 aliphatic heterocycles. The zero-order valence-corrected chi connectivity index (χ0v) is 14.5. The van der Waals surface area contributed by atoms with E-state index in [9.17, 15) is 13.2 Å². The van der Waals surface area contributed by atoms with Crippen molar-refractivity contribution >= 4 is 44.6 Å². The van der Waals surface area contributed by atoms with Gasteiger partial charge in [-0.3, -0.25) is 4.79 Å². The number of hydrogen-bond donors (Lipinski definition) is 1. The molecule has 0 bridgehead atoms. The van der Waals surface area contributed by atoms with Gasteiger partial charge in [0, 0.05) is 18.8 Å². The lowest BCUT2D eigenvalue weighted by Gasteiger charge is -2.17. The van der Waals surface area contributed by atoms with E-state index in [1.54, 1.807) is 23.6 Å². The molecule has 1 saturated heterocycles. The minimum Gasteiger partial charge on any atom is -0.321 e. The highest BCUT2D eigenvalue weighted by molar-refractivity contribution is 7.89. The summed E-state index contributed by atoms with van der Waals surface area (Å²) in [6.45, 7) is 1.01. The minimum absolute atomic E-state index is 0.0325. The summed E-state index contributed by atoms with van der Waals surface area (Å²) in [6.07, 6.45) is 1.71. The Kier molecular flexibility index (Phi) is 4.72. The van der Waals surface area contributed by atoms with Crippen LogP contribution in [0.4, 0.5) is 5.69 Å². The standard InChI is InChI=1S/C15H15ClN2O3S2/c16-12-6-5-11(17-15(19)13-4-3-9-22-13)10-14(12)23(20,21)18-7-1-2-8-18/h3-6,9-10H,1-2,7-8H2,(H,17,19). The Morgan fingerprint density at radius 1 is 1.22 bits per heavy atom. The molecule has 0 spiro atoms. The summed E-state index contributed by atoms with van der Waals surface area (Å²) in [5.41, 5.74) is 0.408. The Labute approximate surface area is 143 Å². The van der Waals surface area contributed by atoms with Gasteiger partial charge in [-0.15, -0.1) is 11.3 Å². The van der Waals surface area contributed by atoms with Gasteiger partial charge in [-0.25, -0.2) is 8.42 Å². The number of halogens is 1. The number of hydrogen-bond acceptors (Lipinski definition) is 4. The third-order valence-corrected chi connectivity index (χ3v) is 6.87. The fourth-order valence-corrected chi connectivity index (χ4v) is 5.08. The number of anilines is 1. The van der Waals surface area contributed by atoms with Crippen LogP contribution in [0.25, 0.3) is 0 Å². The van der Waals surface area contributed by atoms with Crippen LogP contribution in [-0.2, 0) is 10.0 Å². The van der Waals surface area contributed by atoms with E-state index < -0.39 is 10.0 Å². The van der Waals surface area contributed by atoms with Gasteiger partial charge in [0.05, 0.1) is 9.90 Å². The van der Waals surface area contributed by atoms with Crippen LogP contribution < -0.4 is 5.32 Å². The summed E-state index contributed by atoms with van der Waals surface area (Å²) in [6, 6.07) is 8.00. The average molecular weight is 371 g/mol. The predicted octanol–water partition coefficient (Wildman–Crippen LogP) is 3.44. The van der Waals surface area contributed by atoms with Crippen molar-refractivity contribution < 1.29 is 13.2 Å². The molecule has 1 aromatic carbocycles. The SMILES string of the molecule is O=C(Nc1ccc(Cl)c(S(=O)(=O)N2CCCC2)c1)c1cccs1. The number of carbonyl (C=O) groups excluding carboxylic acids is 1. The summed E-state index contributed by atoms with van der Waals surface area (Å²) in [4.78, 5) is 12.7. The lowest BCUT2D eigenvalue weighted by molar-refractivity contribution is 0.103. The van der Waals surface area contributed by atoms with Crippen molar-refractivity contribution in [3.8, 4) is 0 Å². The summed E-state index contributed by atoms with van der Waals surface area (Å²) < 4.78 is 26.7. The van der Waals surface area contributed by atoms with E-state index in [0.29, 0.717) is 23.7 Å². The van der Waals surface area contributed by atoms with Crippen molar-refractivity contribution in [2.75, 3.05) is 18.4 Å². The van der Waals surface area contributed by atoms with Crippen LogP contribution in [0, 0.1) is 0 Å². The van der Waals surface area contributed by atoms with Crippen LogP contribution in [0.3, 0.4) is 0 Å². The van der Waals surface area contributed by atoms with Crippen LogP contribution in [0.15, 0.2) is 40.6 Å². The van der Waals surface area contributed by atoms with Gasteiger partial charge in [-0.05, 0) is 42.5 Å². The molecule has 1 fully saturated rings. The topological polar surface area (TPSA) is 66.5 Å². The molecule has 1 aliphatic rings. The minimum atomic E-state index is -3.63. The van der Waals surface area contributed by atoms with Gasteiger partial charge in [0.1, 0.15) is 4.90 Å². The molecular formula is C15H15ClN2O3S2. The van der Waals surface area contributed by atoms with Crippen molar-refractivity contribution in [2.45, 2.75) is 17.7 Å². The quantitative estimate of drug-likeness (QED) is 0.896. The smallest absolute Gasteiger partial charge is 0.265 e. The van der Waals surface area contributed by atoms with E-state index >= 15 is 0 Å². The Hall–Kier alpha value is -1.41. The van der Waals surface area contributed by atoms with Crippen LogP contribution in [0.1, 0.15) is 22.5 Å². The molecule has 0 saturated carbocycles. The molecule has 1 N–H and O–H groups in total. The fraction of sp³-hybridized carbons (Fsp3) is 0.267. The van der Waals surface area contributed by atoms with Crippen molar-refractivity contribution in [1.82, 2.24) is 4.31 Å². The zero-order valence-electron chi connectivity index (χ0n) is 12.2. The predicted molar refractivity (Wildman–Crippen MR) is 91.7 cm³/mol. The molecule has 23 heavy (non-hydrogen) atoms. The second-order valence-corrected chi connectivity index (χ2v) is 8.45. The molecule has 8 heteroatoms. The first-order chi connectivity index (χ1) is 11.0. The molecule has 0 atom stereocenters. The lowest BCUT2D eigenvalue weighted by Crippen LogP contribution is -2.28. The number of benzene rings is 1. The van der Waals surface area contributed by atoms with Crippen molar-refractivity contribution in [1.29, 1.82) is 0 Å². The molecule has 1 amide bonds. The second-order valence-electron chi connectivity index (χ2n) is 5.19. The zero-order chi connectivity index (χ0) is 16.4. The number of carbonyl (C=O) groups is 1. The number of rotatable bonds is 4. The molecule has 0 aliphatic carbocycles. The molecule has 0 unspecified atom stereocenters. The molecule has 5 nitrogen and oxygen atoms in total. The molecule has 1 aromatic heterocycles. The Morgan fingerprint density at radius 3 is 2.61 bits per heavy atom. The van der Waals surface area contributed by atoms with Gasteiger partial charge in [-0.2, -0.15) is 4.31 Å². The van der Waals surface area contributed by atoms with E-state index in [1.165, 1.54) is 27.8 Å². The second kappa shape index (κ2) is 6.60. The number of thiophene rings is 1. The van der Waals surface area contributed by atoms with Gasteiger partial charge in [0.25, 0.3) is 5.91 Å². The fourth-order valence-electron chi connectivity index (χ4n) is 2.45. The molecule has 2 heterocycles. The van der Waals surface area contributed by atoms with E-state index in [1.807, 2.05) is 0 Å². The number of nitrogens with zero attached hydrogens (tertiary/aromatic N) is 1. The maximum Gasteiger partial charge on any atom is 0.265 e. The summed E-state index contributed by atoms with van der Waals surface area (Å²) in [5.74, 6) is -0.271. The van der Waals surface area contributed by atoms with Gasteiger partial charge < -0.3 is 5.32 Å². The maximum atomic E-state index is 12.7. The largest absolute Gasteiger partial charge is 0.321 e. The third-order valence-electron chi connectivity index (χ3n) is 3.62. The number of nitrogens with one attached hydrogen (secondary N) is 1. The van der Waals surface area contributed by atoms with Gasteiger partial charge >= 0.3 is 0 Å². The van der Waals surface area contributed by atoms with Crippen LogP contribution in [0.5, 0.6) is 0 Å². The van der Waals surface area contributed by atoms with Crippen molar-refractivity contribution in [3.05, 3.63) is 45.6 Å². The third kappa shape index (κ3) is 3.42. The maximum absolute atomic E-state index is 12.7. The lowest BCUT2D eigenvalue weighted by atomic mass is 10.3. The first kappa shape index (κ1) is 16.4. The Balaban J connectivity index is 1.89. The average Bonchev–Trinajstić information content (AvgIpc) is 3.22. The highest BCUT2D eigenvalue weighted by Crippen LogP contribution is 2.29. The Morgan fingerprint density at radius 2 is 1.96 bits per heavy atom. The van der Waals surface area contributed by atoms with Gasteiger partial charge in [0.2, 0.25) is 10.0 Å². The summed E-state index contributed by atoms with van der Waals surface area (Å²) in [7, 11) is -3.63. The molecule has 2 aromatic rings. The van der Waals surface area contributed by atoms with E-state index in [-0.39, 0.29) is 15.8 Å². The van der Waals surface area contributed by atoms with Crippen molar-refractivity contribution in [3.63, 3.8) is 0 Å². The molecular weight excluding hydrogens is 356 g/mol. The molecule has 0 radical (unpaired) electrons. The highest BCUT2D eigenvalue weighted by Gasteiger charge is 2.29. The first-order valence-electron chi connectivity index (χ1n) is 7.13. The highest BCUT2D eigenvalue weighted by atomic mass is 35.5. The van der Waals surface area contributed by atoms with Crippen LogP contribution in [0.2, 0.25) is 5.02 Å². The molecule has 122 valence electrons. The van der Waals surface area contributed by atoms with E-state index in [4.69, 9.17) is 11.6 Å². The number of sulfonamides is 1. The van der Waals surface area contributed by atoms with E-state index in [0.717, 1.165) is 12.8 Å². The van der Waals surface area contributed by atoms with E-state index in [2.05, 4.69) is 5.32 Å². The molecule has 3 rings (SSSR count). The van der Waals surface area contributed by atoms with Crippen LogP contribution in [-0.4, -0.2) is 31.7 Å². The summed E-state index contributed by atoms with van der Waals surface area (Å²) in [5, 5.41) is 4.67. The Bertz CT molecular complexity index is 813. The summed E-state index contributed by atoms with van der Waals surface area (Å²) >= 11 is 7.40. The number of amides is 1.